The molecule has 1 N–H and O–H groups in total. The van der Waals surface area contributed by atoms with Crippen LogP contribution in [0.25, 0.3) is 0 Å². The van der Waals surface area contributed by atoms with Crippen molar-refractivity contribution >= 4 is 0 Å². The van der Waals surface area contributed by atoms with Gasteiger partial charge in [-0.25, -0.2) is 0 Å². The molecule has 0 aromatic heterocycles. The SMILES string of the molecule is C=CCNCC(C)N1CCC(C)C1. The van der Waals surface area contributed by atoms with Crippen LogP contribution in [0.15, 0.2) is 12.7 Å². The second-order valence-electron chi connectivity index (χ2n) is 4.18. The zero-order chi connectivity index (χ0) is 9.68. The average molecular weight is 182 g/mol. The maximum atomic E-state index is 3.69. The van der Waals surface area contributed by atoms with Crippen LogP contribution in [-0.2, 0) is 0 Å². The molecule has 0 aliphatic carbocycles. The molecule has 1 fully saturated rings. The Hall–Kier alpha value is -0.340. The molecule has 0 amide bonds. The van der Waals surface area contributed by atoms with Gasteiger partial charge in [-0.2, -0.15) is 0 Å². The van der Waals surface area contributed by atoms with E-state index in [-0.39, 0.29) is 0 Å². The third-order valence-electron chi connectivity index (χ3n) is 2.81. The summed E-state index contributed by atoms with van der Waals surface area (Å²) in [5.74, 6) is 0.891. The van der Waals surface area contributed by atoms with E-state index < -0.39 is 0 Å². The van der Waals surface area contributed by atoms with E-state index in [1.807, 2.05) is 6.08 Å². The molecule has 0 bridgehead atoms. The lowest BCUT2D eigenvalue weighted by molar-refractivity contribution is 0.246. The van der Waals surface area contributed by atoms with Gasteiger partial charge >= 0.3 is 0 Å². The van der Waals surface area contributed by atoms with Crippen LogP contribution in [0.2, 0.25) is 0 Å². The lowest BCUT2D eigenvalue weighted by atomic mass is 10.2. The first-order valence-corrected chi connectivity index (χ1v) is 5.29. The van der Waals surface area contributed by atoms with Crippen molar-refractivity contribution in [3.63, 3.8) is 0 Å². The highest BCUT2D eigenvalue weighted by atomic mass is 15.2. The Morgan fingerprint density at radius 2 is 2.46 bits per heavy atom. The van der Waals surface area contributed by atoms with Gasteiger partial charge in [0.1, 0.15) is 0 Å². The van der Waals surface area contributed by atoms with E-state index in [1.165, 1.54) is 19.5 Å². The van der Waals surface area contributed by atoms with Gasteiger partial charge in [-0.1, -0.05) is 13.0 Å². The van der Waals surface area contributed by atoms with Gasteiger partial charge < -0.3 is 5.32 Å². The highest BCUT2D eigenvalue weighted by Crippen LogP contribution is 2.16. The zero-order valence-electron chi connectivity index (χ0n) is 8.92. The van der Waals surface area contributed by atoms with Gasteiger partial charge in [0.05, 0.1) is 0 Å². The number of nitrogens with one attached hydrogen (secondary N) is 1. The molecule has 2 unspecified atom stereocenters. The van der Waals surface area contributed by atoms with Gasteiger partial charge in [0.25, 0.3) is 0 Å². The van der Waals surface area contributed by atoms with E-state index in [9.17, 15) is 0 Å². The van der Waals surface area contributed by atoms with Crippen molar-refractivity contribution in [1.82, 2.24) is 10.2 Å². The van der Waals surface area contributed by atoms with Crippen LogP contribution in [-0.4, -0.2) is 37.1 Å². The van der Waals surface area contributed by atoms with Crippen LogP contribution in [0.3, 0.4) is 0 Å². The lowest BCUT2D eigenvalue weighted by Gasteiger charge is -2.24. The van der Waals surface area contributed by atoms with Crippen molar-refractivity contribution in [3.05, 3.63) is 12.7 Å². The third-order valence-corrected chi connectivity index (χ3v) is 2.81. The second kappa shape index (κ2) is 5.40. The van der Waals surface area contributed by atoms with E-state index in [0.717, 1.165) is 19.0 Å². The third kappa shape index (κ3) is 3.49. The minimum Gasteiger partial charge on any atom is -0.312 e. The molecule has 1 saturated heterocycles. The van der Waals surface area contributed by atoms with Gasteiger partial charge in [0.2, 0.25) is 0 Å². The van der Waals surface area contributed by atoms with Gasteiger partial charge in [0.15, 0.2) is 0 Å². The summed E-state index contributed by atoms with van der Waals surface area (Å²) in [7, 11) is 0. The maximum Gasteiger partial charge on any atom is 0.0192 e. The molecule has 2 heteroatoms. The molecule has 1 heterocycles. The standard InChI is InChI=1S/C11H22N2/c1-4-6-12-8-11(3)13-7-5-10(2)9-13/h4,10-12H,1,5-9H2,2-3H3. The zero-order valence-corrected chi connectivity index (χ0v) is 8.92. The summed E-state index contributed by atoms with van der Waals surface area (Å²) in [4.78, 5) is 2.57. The van der Waals surface area contributed by atoms with Crippen molar-refractivity contribution in [2.45, 2.75) is 26.3 Å². The molecule has 13 heavy (non-hydrogen) atoms. The topological polar surface area (TPSA) is 15.3 Å². The van der Waals surface area contributed by atoms with Crippen LogP contribution < -0.4 is 5.32 Å². The molecule has 1 aliphatic rings. The molecular weight excluding hydrogens is 160 g/mol. The molecule has 0 spiro atoms. The Bertz CT molecular complexity index is 156. The molecule has 0 saturated carbocycles. The smallest absolute Gasteiger partial charge is 0.0192 e. The van der Waals surface area contributed by atoms with E-state index in [4.69, 9.17) is 0 Å². The molecule has 0 radical (unpaired) electrons. The number of nitrogens with zero attached hydrogens (tertiary/aromatic N) is 1. The fraction of sp³-hybridized carbons (Fsp3) is 0.818. The number of rotatable bonds is 5. The first kappa shape index (κ1) is 10.7. The van der Waals surface area contributed by atoms with E-state index >= 15 is 0 Å². The highest BCUT2D eigenvalue weighted by Gasteiger charge is 2.22. The Morgan fingerprint density at radius 1 is 1.69 bits per heavy atom. The quantitative estimate of drug-likeness (QED) is 0.512. The second-order valence-corrected chi connectivity index (χ2v) is 4.18. The van der Waals surface area contributed by atoms with Crippen LogP contribution in [0.5, 0.6) is 0 Å². The van der Waals surface area contributed by atoms with Gasteiger partial charge in [0, 0.05) is 25.7 Å². The molecule has 0 aromatic carbocycles. The van der Waals surface area contributed by atoms with Crippen molar-refractivity contribution in [2.75, 3.05) is 26.2 Å². The Morgan fingerprint density at radius 3 is 3.00 bits per heavy atom. The summed E-state index contributed by atoms with van der Waals surface area (Å²) in [5, 5.41) is 3.37. The van der Waals surface area contributed by atoms with E-state index in [0.29, 0.717) is 6.04 Å². The summed E-state index contributed by atoms with van der Waals surface area (Å²) in [5.41, 5.74) is 0. The summed E-state index contributed by atoms with van der Waals surface area (Å²) in [6.45, 7) is 12.9. The number of likely N-dealkylation sites (tertiary alicyclic amines) is 1. The Labute approximate surface area is 82.0 Å². The summed E-state index contributed by atoms with van der Waals surface area (Å²) < 4.78 is 0. The minimum atomic E-state index is 0.671. The molecule has 76 valence electrons. The molecule has 0 aromatic rings. The number of hydrogen-bond acceptors (Lipinski definition) is 2. The maximum absolute atomic E-state index is 3.69. The minimum absolute atomic E-state index is 0.671. The van der Waals surface area contributed by atoms with Crippen molar-refractivity contribution in [2.24, 2.45) is 5.92 Å². The predicted molar refractivity (Wildman–Crippen MR) is 57.9 cm³/mol. The summed E-state index contributed by atoms with van der Waals surface area (Å²) >= 11 is 0. The molecule has 2 atom stereocenters. The molecule has 2 nitrogen and oxygen atoms in total. The highest BCUT2D eigenvalue weighted by molar-refractivity contribution is 4.79. The lowest BCUT2D eigenvalue weighted by Crippen LogP contribution is -2.38. The molecule has 1 aliphatic heterocycles. The monoisotopic (exact) mass is 182 g/mol. The van der Waals surface area contributed by atoms with Gasteiger partial charge in [-0.3, -0.25) is 4.90 Å². The number of hydrogen-bond donors (Lipinski definition) is 1. The van der Waals surface area contributed by atoms with Gasteiger partial charge in [-0.05, 0) is 25.8 Å². The molecule has 1 rings (SSSR count). The normalized spacial score (nSPS) is 26.2. The predicted octanol–water partition coefficient (Wildman–Crippen LogP) is 1.49. The first-order valence-electron chi connectivity index (χ1n) is 5.29. The fourth-order valence-corrected chi connectivity index (χ4v) is 1.89. The van der Waals surface area contributed by atoms with E-state index in [2.05, 4.69) is 30.6 Å². The summed E-state index contributed by atoms with van der Waals surface area (Å²) in [6.07, 6.45) is 3.28. The molecular formula is C11H22N2. The Balaban J connectivity index is 2.15. The largest absolute Gasteiger partial charge is 0.312 e. The first-order chi connectivity index (χ1) is 6.24. The van der Waals surface area contributed by atoms with Crippen LogP contribution >= 0.6 is 0 Å². The van der Waals surface area contributed by atoms with Crippen LogP contribution in [0, 0.1) is 5.92 Å². The van der Waals surface area contributed by atoms with Crippen LogP contribution in [0.1, 0.15) is 20.3 Å². The average Bonchev–Trinajstić information content (AvgIpc) is 2.52. The van der Waals surface area contributed by atoms with Crippen molar-refractivity contribution in [1.29, 1.82) is 0 Å². The fourth-order valence-electron chi connectivity index (χ4n) is 1.89. The van der Waals surface area contributed by atoms with Gasteiger partial charge in [-0.15, -0.1) is 6.58 Å². The van der Waals surface area contributed by atoms with Crippen LogP contribution in [0.4, 0.5) is 0 Å². The summed E-state index contributed by atoms with van der Waals surface area (Å²) in [6, 6.07) is 0.671. The van der Waals surface area contributed by atoms with Crippen molar-refractivity contribution < 1.29 is 0 Å². The van der Waals surface area contributed by atoms with E-state index in [1.54, 1.807) is 0 Å². The van der Waals surface area contributed by atoms with Crippen molar-refractivity contribution in [3.8, 4) is 0 Å². The Kier molecular flexibility index (Phi) is 4.46.